The van der Waals surface area contributed by atoms with Gasteiger partial charge in [-0.1, -0.05) is 20.8 Å². The fraction of sp³-hybridized carbons (Fsp3) is 0.600. The maximum Gasteiger partial charge on any atom is 0.420 e. The number of pyridine rings is 1. The standard InChI is InChI=1S/C15H20F3N3O/c1-5-7-21(6-2)14-20-13-12(22-14)10(15(16,17)18)8-11(19-13)9(3)4/h8-9H,5-7H2,1-4H3. The van der Waals surface area contributed by atoms with Crippen LogP contribution < -0.4 is 4.90 Å². The van der Waals surface area contributed by atoms with Crippen molar-refractivity contribution in [1.29, 1.82) is 0 Å². The predicted molar refractivity (Wildman–Crippen MR) is 79.1 cm³/mol. The summed E-state index contributed by atoms with van der Waals surface area (Å²) in [6.45, 7) is 8.76. The summed E-state index contributed by atoms with van der Waals surface area (Å²) in [5, 5.41) is 0. The molecule has 2 aromatic heterocycles. The molecule has 0 saturated carbocycles. The molecule has 0 atom stereocenters. The summed E-state index contributed by atoms with van der Waals surface area (Å²) in [6.07, 6.45) is -3.65. The van der Waals surface area contributed by atoms with E-state index in [1.54, 1.807) is 18.7 Å². The molecule has 2 aromatic rings. The molecule has 2 rings (SSSR count). The van der Waals surface area contributed by atoms with Gasteiger partial charge in [-0.3, -0.25) is 0 Å². The molecule has 122 valence electrons. The quantitative estimate of drug-likeness (QED) is 0.808. The lowest BCUT2D eigenvalue weighted by Gasteiger charge is -2.16. The lowest BCUT2D eigenvalue weighted by molar-refractivity contribution is -0.136. The number of rotatable bonds is 5. The third kappa shape index (κ3) is 3.18. The van der Waals surface area contributed by atoms with E-state index in [0.717, 1.165) is 12.5 Å². The van der Waals surface area contributed by atoms with Gasteiger partial charge in [-0.25, -0.2) is 4.98 Å². The van der Waals surface area contributed by atoms with Crippen LogP contribution >= 0.6 is 0 Å². The van der Waals surface area contributed by atoms with Gasteiger partial charge in [-0.15, -0.1) is 0 Å². The maximum absolute atomic E-state index is 13.3. The van der Waals surface area contributed by atoms with E-state index in [1.807, 2.05) is 13.8 Å². The highest BCUT2D eigenvalue weighted by Crippen LogP contribution is 2.37. The zero-order chi connectivity index (χ0) is 16.5. The topological polar surface area (TPSA) is 42.2 Å². The van der Waals surface area contributed by atoms with Gasteiger partial charge in [-0.05, 0) is 25.3 Å². The van der Waals surface area contributed by atoms with Crippen molar-refractivity contribution in [3.63, 3.8) is 0 Å². The molecule has 0 unspecified atom stereocenters. The Morgan fingerprint density at radius 3 is 2.41 bits per heavy atom. The second-order valence-corrected chi connectivity index (χ2v) is 5.48. The number of hydrogen-bond acceptors (Lipinski definition) is 4. The van der Waals surface area contributed by atoms with E-state index in [9.17, 15) is 13.2 Å². The number of nitrogens with zero attached hydrogens (tertiary/aromatic N) is 3. The number of fused-ring (bicyclic) bond motifs is 1. The average Bonchev–Trinajstić information content (AvgIpc) is 2.85. The van der Waals surface area contributed by atoms with Crippen LogP contribution in [0.15, 0.2) is 10.5 Å². The summed E-state index contributed by atoms with van der Waals surface area (Å²) < 4.78 is 45.2. The van der Waals surface area contributed by atoms with E-state index >= 15 is 0 Å². The van der Waals surface area contributed by atoms with Gasteiger partial charge in [0, 0.05) is 18.8 Å². The zero-order valence-electron chi connectivity index (χ0n) is 13.2. The van der Waals surface area contributed by atoms with Gasteiger partial charge in [0.2, 0.25) is 5.65 Å². The summed E-state index contributed by atoms with van der Waals surface area (Å²) in [7, 11) is 0. The molecule has 0 aliphatic heterocycles. The summed E-state index contributed by atoms with van der Waals surface area (Å²) in [5.74, 6) is -0.122. The molecule has 0 fully saturated rings. The van der Waals surface area contributed by atoms with Gasteiger partial charge >= 0.3 is 6.18 Å². The van der Waals surface area contributed by atoms with Crippen LogP contribution in [-0.2, 0) is 6.18 Å². The van der Waals surface area contributed by atoms with Crippen LogP contribution in [0.5, 0.6) is 0 Å². The number of halogens is 3. The summed E-state index contributed by atoms with van der Waals surface area (Å²) >= 11 is 0. The van der Waals surface area contributed by atoms with Crippen LogP contribution in [0.25, 0.3) is 11.2 Å². The lowest BCUT2D eigenvalue weighted by atomic mass is 10.1. The van der Waals surface area contributed by atoms with E-state index in [2.05, 4.69) is 9.97 Å². The van der Waals surface area contributed by atoms with Crippen molar-refractivity contribution >= 4 is 17.2 Å². The largest absolute Gasteiger partial charge is 0.421 e. The Morgan fingerprint density at radius 1 is 1.23 bits per heavy atom. The maximum atomic E-state index is 13.3. The molecule has 0 bridgehead atoms. The minimum absolute atomic E-state index is 0.0167. The van der Waals surface area contributed by atoms with Crippen molar-refractivity contribution in [2.75, 3.05) is 18.0 Å². The number of aromatic nitrogens is 2. The second-order valence-electron chi connectivity index (χ2n) is 5.48. The van der Waals surface area contributed by atoms with Gasteiger partial charge in [-0.2, -0.15) is 18.2 Å². The van der Waals surface area contributed by atoms with Crippen LogP contribution in [0, 0.1) is 0 Å². The van der Waals surface area contributed by atoms with Gasteiger partial charge in [0.1, 0.15) is 5.56 Å². The first-order valence-corrected chi connectivity index (χ1v) is 7.41. The zero-order valence-corrected chi connectivity index (χ0v) is 13.2. The molecule has 0 spiro atoms. The molecule has 7 heteroatoms. The Morgan fingerprint density at radius 2 is 1.91 bits per heavy atom. The molecule has 2 heterocycles. The fourth-order valence-electron chi connectivity index (χ4n) is 2.22. The highest BCUT2D eigenvalue weighted by atomic mass is 19.4. The van der Waals surface area contributed by atoms with E-state index in [0.29, 0.717) is 18.8 Å². The molecule has 4 nitrogen and oxygen atoms in total. The normalized spacial score (nSPS) is 12.4. The Kier molecular flexibility index (Phi) is 4.63. The molecular formula is C15H20F3N3O. The van der Waals surface area contributed by atoms with Crippen LogP contribution in [0.2, 0.25) is 0 Å². The van der Waals surface area contributed by atoms with Gasteiger partial charge < -0.3 is 9.32 Å². The second kappa shape index (κ2) is 6.14. The van der Waals surface area contributed by atoms with E-state index in [4.69, 9.17) is 4.42 Å². The minimum atomic E-state index is -4.50. The molecule has 0 aromatic carbocycles. The number of hydrogen-bond donors (Lipinski definition) is 0. The summed E-state index contributed by atoms with van der Waals surface area (Å²) in [5.41, 5.74) is -0.727. The molecule has 0 saturated heterocycles. The third-order valence-corrected chi connectivity index (χ3v) is 3.41. The van der Waals surface area contributed by atoms with Crippen molar-refractivity contribution in [1.82, 2.24) is 9.97 Å². The molecule has 0 amide bonds. The van der Waals surface area contributed by atoms with Gasteiger partial charge in [0.05, 0.1) is 0 Å². The number of oxazole rings is 1. The lowest BCUT2D eigenvalue weighted by Crippen LogP contribution is -2.23. The number of alkyl halides is 3. The van der Waals surface area contributed by atoms with Crippen molar-refractivity contribution in [3.8, 4) is 0 Å². The van der Waals surface area contributed by atoms with E-state index < -0.39 is 11.7 Å². The minimum Gasteiger partial charge on any atom is -0.421 e. The molecule has 0 aliphatic rings. The molecule has 22 heavy (non-hydrogen) atoms. The van der Waals surface area contributed by atoms with Crippen LogP contribution in [0.1, 0.15) is 51.3 Å². The Hall–Kier alpha value is -1.79. The highest BCUT2D eigenvalue weighted by molar-refractivity contribution is 5.75. The van der Waals surface area contributed by atoms with Gasteiger partial charge in [0.15, 0.2) is 5.58 Å². The Labute approximate surface area is 127 Å². The fourth-order valence-corrected chi connectivity index (χ4v) is 2.22. The van der Waals surface area contributed by atoms with Crippen molar-refractivity contribution in [3.05, 3.63) is 17.3 Å². The summed E-state index contributed by atoms with van der Waals surface area (Å²) in [4.78, 5) is 10.2. The monoisotopic (exact) mass is 315 g/mol. The van der Waals surface area contributed by atoms with Crippen LogP contribution in [-0.4, -0.2) is 23.1 Å². The molecule has 0 radical (unpaired) electrons. The average molecular weight is 315 g/mol. The SMILES string of the molecule is CCCN(CC)c1nc2nc(C(C)C)cc(C(F)(F)F)c2o1. The van der Waals surface area contributed by atoms with Crippen molar-refractivity contribution < 1.29 is 17.6 Å². The highest BCUT2D eigenvalue weighted by Gasteiger charge is 2.36. The van der Waals surface area contributed by atoms with E-state index in [1.165, 1.54) is 0 Å². The first-order valence-electron chi connectivity index (χ1n) is 7.41. The Balaban J connectivity index is 2.63. The van der Waals surface area contributed by atoms with E-state index in [-0.39, 0.29) is 23.2 Å². The third-order valence-electron chi connectivity index (χ3n) is 3.41. The van der Waals surface area contributed by atoms with Gasteiger partial charge in [0.25, 0.3) is 6.01 Å². The molecule has 0 N–H and O–H groups in total. The number of anilines is 1. The van der Waals surface area contributed by atoms with Crippen LogP contribution in [0.3, 0.4) is 0 Å². The van der Waals surface area contributed by atoms with Crippen molar-refractivity contribution in [2.45, 2.75) is 46.2 Å². The molecule has 0 aliphatic carbocycles. The van der Waals surface area contributed by atoms with Crippen LogP contribution in [0.4, 0.5) is 19.2 Å². The first-order chi connectivity index (χ1) is 10.3. The Bertz CT molecular complexity index is 649. The predicted octanol–water partition coefficient (Wildman–Crippen LogP) is 4.60. The first kappa shape index (κ1) is 16.6. The van der Waals surface area contributed by atoms with Crippen molar-refractivity contribution in [2.24, 2.45) is 0 Å². The molecular weight excluding hydrogens is 295 g/mol. The summed E-state index contributed by atoms with van der Waals surface area (Å²) in [6, 6.07) is 1.25. The smallest absolute Gasteiger partial charge is 0.420 e.